The summed E-state index contributed by atoms with van der Waals surface area (Å²) in [5, 5.41) is 12.3. The molecule has 0 aromatic heterocycles. The lowest BCUT2D eigenvalue weighted by Gasteiger charge is -2.49. The van der Waals surface area contributed by atoms with Gasteiger partial charge >= 0.3 is 11.9 Å². The molecule has 0 amide bonds. The Morgan fingerprint density at radius 1 is 0.333 bits per heavy atom. The van der Waals surface area contributed by atoms with Crippen LogP contribution >= 0.6 is 0 Å². The van der Waals surface area contributed by atoms with Crippen LogP contribution in [0.4, 0.5) is 0 Å². The average molecular weight is 1230 g/mol. The second-order valence-electron chi connectivity index (χ2n) is 22.2. The van der Waals surface area contributed by atoms with Crippen molar-refractivity contribution in [2.75, 3.05) is 26.9 Å². The number of esters is 2. The van der Waals surface area contributed by atoms with Gasteiger partial charge in [0.1, 0.15) is 61.0 Å². The van der Waals surface area contributed by atoms with E-state index >= 15 is 0 Å². The Morgan fingerprint density at radius 3 is 1.04 bits per heavy atom. The van der Waals surface area contributed by atoms with Gasteiger partial charge in [-0.3, -0.25) is 9.59 Å². The fraction of sp³-hybridized carbons (Fsp3) is 0.389. The van der Waals surface area contributed by atoms with E-state index in [1.165, 1.54) is 21.0 Å². The molecule has 0 bridgehead atoms. The lowest BCUT2D eigenvalue weighted by molar-refractivity contribution is -0.376. The average Bonchev–Trinajstić information content (AvgIpc) is 0.944. The molecule has 0 saturated carbocycles. The standard InChI is InChI=1S/C72H80O18/c1-49(73)85-68-64(80-42-54-31-17-7-18-32-54)61(75)58(46-77-39-51-25-11-4-12-26-51)87-72(68)90-63-60(88-70(76-3)67(83-45-57-37-23-10-24-38-57)66(63)82-44-56-35-21-9-22-36-56)48-84-71-69(86-50(2)74)65(81-43-55-33-19-8-20-34-55)62(79-41-53-29-15-6-16-30-53)59(89-71)47-78-40-52-27-13-5-14-28-52/h4-38,58-72,75H,39-48H2,1-3H3/t58?,59?,60?,61-,62-,63-,64?,65?,66?,67?,68?,69?,70+,71-,72-/m1/s1. The third-order valence-electron chi connectivity index (χ3n) is 15.6. The minimum atomic E-state index is -1.50. The molecule has 3 fully saturated rings. The van der Waals surface area contributed by atoms with Crippen LogP contribution in [0.5, 0.6) is 0 Å². The van der Waals surface area contributed by atoms with Gasteiger partial charge in [-0.05, 0) is 38.9 Å². The van der Waals surface area contributed by atoms with E-state index in [0.29, 0.717) is 0 Å². The topological polar surface area (TPSA) is 193 Å². The molecule has 0 aliphatic carbocycles. The second kappa shape index (κ2) is 34.4. The van der Waals surface area contributed by atoms with Gasteiger partial charge in [0.05, 0.1) is 66.1 Å². The molecule has 90 heavy (non-hydrogen) atoms. The SMILES string of the molecule is CO[C@H]1OC(CO[C@@H]2OC(COCc3ccccc3)[C@@H](OCc3ccccc3)C(OCc3ccccc3)C2OC(C)=O)[C@@H](O[C@H]2OC(COCc3ccccc3)[C@@H](O)C(OCc3ccccc3)C2OC(C)=O)C(OCc2ccccc2)C1OCc1ccccc1. The highest BCUT2D eigenvalue weighted by atomic mass is 16.8. The first-order valence-electron chi connectivity index (χ1n) is 30.5. The van der Waals surface area contributed by atoms with Crippen LogP contribution in [-0.4, -0.2) is 136 Å². The monoisotopic (exact) mass is 1230 g/mol. The lowest BCUT2D eigenvalue weighted by Crippen LogP contribution is -2.67. The van der Waals surface area contributed by atoms with Crippen molar-refractivity contribution in [3.8, 4) is 0 Å². The minimum Gasteiger partial charge on any atom is -0.454 e. The number of aliphatic hydroxyl groups is 1. The molecule has 0 spiro atoms. The first-order valence-corrected chi connectivity index (χ1v) is 30.5. The molecule has 9 unspecified atom stereocenters. The zero-order valence-corrected chi connectivity index (χ0v) is 50.8. The largest absolute Gasteiger partial charge is 0.454 e. The number of hydrogen-bond donors (Lipinski definition) is 1. The molecule has 15 atom stereocenters. The Bertz CT molecular complexity index is 3160. The number of hydrogen-bond acceptors (Lipinski definition) is 18. The number of aliphatic hydroxyl groups excluding tert-OH is 1. The second-order valence-corrected chi connectivity index (χ2v) is 22.2. The number of rotatable bonds is 31. The third-order valence-corrected chi connectivity index (χ3v) is 15.6. The Hall–Kier alpha value is -7.08. The molecule has 18 nitrogen and oxygen atoms in total. The van der Waals surface area contributed by atoms with Crippen LogP contribution in [0, 0.1) is 0 Å². The van der Waals surface area contributed by atoms with Crippen molar-refractivity contribution in [2.24, 2.45) is 0 Å². The smallest absolute Gasteiger partial charge is 0.303 e. The van der Waals surface area contributed by atoms with E-state index in [2.05, 4.69) is 0 Å². The normalized spacial score (nSPS) is 26.7. The van der Waals surface area contributed by atoms with Crippen LogP contribution in [0.2, 0.25) is 0 Å². The Balaban J connectivity index is 1.03. The summed E-state index contributed by atoms with van der Waals surface area (Å²) in [5.41, 5.74) is 6.07. The van der Waals surface area contributed by atoms with Gasteiger partial charge in [-0.25, -0.2) is 0 Å². The first kappa shape index (κ1) is 65.9. The number of carbonyl (C=O) groups is 2. The maximum atomic E-state index is 13.5. The van der Waals surface area contributed by atoms with E-state index in [4.69, 9.17) is 71.1 Å². The molecule has 3 aliphatic heterocycles. The fourth-order valence-electron chi connectivity index (χ4n) is 11.1. The van der Waals surface area contributed by atoms with Gasteiger partial charge in [0, 0.05) is 21.0 Å². The van der Waals surface area contributed by atoms with E-state index in [1.807, 2.05) is 212 Å². The van der Waals surface area contributed by atoms with Gasteiger partial charge in [-0.1, -0.05) is 212 Å². The van der Waals surface area contributed by atoms with Crippen LogP contribution in [0.1, 0.15) is 52.8 Å². The zero-order chi connectivity index (χ0) is 62.3. The summed E-state index contributed by atoms with van der Waals surface area (Å²) >= 11 is 0. The summed E-state index contributed by atoms with van der Waals surface area (Å²) in [5.74, 6) is -1.33. The Morgan fingerprint density at radius 2 is 0.644 bits per heavy atom. The molecule has 3 heterocycles. The Kier molecular flexibility index (Phi) is 25.2. The van der Waals surface area contributed by atoms with Crippen LogP contribution in [0.25, 0.3) is 0 Å². The molecule has 0 radical (unpaired) electrons. The van der Waals surface area contributed by atoms with Crippen molar-refractivity contribution in [2.45, 2.75) is 152 Å². The van der Waals surface area contributed by atoms with E-state index in [-0.39, 0.29) is 66.1 Å². The number of ether oxygens (including phenoxy) is 15. The molecule has 3 aliphatic rings. The molecule has 7 aromatic rings. The third kappa shape index (κ3) is 19.0. The van der Waals surface area contributed by atoms with E-state index < -0.39 is 104 Å². The van der Waals surface area contributed by atoms with Crippen molar-refractivity contribution < 1.29 is 85.7 Å². The van der Waals surface area contributed by atoms with Crippen LogP contribution in [-0.2, 0) is 127 Å². The zero-order valence-electron chi connectivity index (χ0n) is 50.8. The summed E-state index contributed by atoms with van der Waals surface area (Å²) in [7, 11) is 1.50. The van der Waals surface area contributed by atoms with Gasteiger partial charge in [-0.2, -0.15) is 0 Å². The lowest BCUT2D eigenvalue weighted by atomic mass is 9.95. The molecule has 1 N–H and O–H groups in total. The Labute approximate surface area is 526 Å². The van der Waals surface area contributed by atoms with Crippen molar-refractivity contribution >= 4 is 11.9 Å². The van der Waals surface area contributed by atoms with Gasteiger partial charge in [0.2, 0.25) is 0 Å². The number of benzene rings is 7. The van der Waals surface area contributed by atoms with Gasteiger partial charge < -0.3 is 76.2 Å². The van der Waals surface area contributed by atoms with Crippen LogP contribution in [0.15, 0.2) is 212 Å². The van der Waals surface area contributed by atoms with Gasteiger partial charge in [-0.15, -0.1) is 0 Å². The summed E-state index contributed by atoms with van der Waals surface area (Å²) in [4.78, 5) is 26.9. The highest BCUT2D eigenvalue weighted by Crippen LogP contribution is 2.37. The van der Waals surface area contributed by atoms with Crippen LogP contribution in [0.3, 0.4) is 0 Å². The molecule has 476 valence electrons. The van der Waals surface area contributed by atoms with Crippen molar-refractivity contribution in [1.29, 1.82) is 0 Å². The van der Waals surface area contributed by atoms with Gasteiger partial charge in [0.25, 0.3) is 0 Å². The fourth-order valence-corrected chi connectivity index (χ4v) is 11.1. The molecule has 3 saturated heterocycles. The highest BCUT2D eigenvalue weighted by molar-refractivity contribution is 5.66. The first-order chi connectivity index (χ1) is 44.1. The number of methoxy groups -OCH3 is 1. The number of carbonyl (C=O) groups excluding carboxylic acids is 2. The van der Waals surface area contributed by atoms with Crippen molar-refractivity contribution in [3.63, 3.8) is 0 Å². The van der Waals surface area contributed by atoms with Gasteiger partial charge in [0.15, 0.2) is 31.1 Å². The van der Waals surface area contributed by atoms with E-state index in [0.717, 1.165) is 38.9 Å². The minimum absolute atomic E-state index is 0.00555. The molecule has 7 aromatic carbocycles. The summed E-state index contributed by atoms with van der Waals surface area (Å²) in [6.45, 7) is 3.00. The van der Waals surface area contributed by atoms with E-state index in [9.17, 15) is 14.7 Å². The molecule has 10 rings (SSSR count). The van der Waals surface area contributed by atoms with Crippen molar-refractivity contribution in [3.05, 3.63) is 251 Å². The maximum Gasteiger partial charge on any atom is 0.303 e. The quantitative estimate of drug-likeness (QED) is 0.0403. The molecular weight excluding hydrogens is 1150 g/mol. The molecular formula is C72H80O18. The maximum absolute atomic E-state index is 13.5. The van der Waals surface area contributed by atoms with Crippen molar-refractivity contribution in [1.82, 2.24) is 0 Å². The van der Waals surface area contributed by atoms with E-state index in [1.54, 1.807) is 0 Å². The summed E-state index contributed by atoms with van der Waals surface area (Å²) < 4.78 is 100. The summed E-state index contributed by atoms with van der Waals surface area (Å²) in [6.07, 6.45) is -17.7. The molecule has 18 heteroatoms. The highest BCUT2D eigenvalue weighted by Gasteiger charge is 2.56. The summed E-state index contributed by atoms with van der Waals surface area (Å²) in [6, 6.07) is 67.3. The predicted molar refractivity (Wildman–Crippen MR) is 328 cm³/mol. The van der Waals surface area contributed by atoms with Crippen LogP contribution < -0.4 is 0 Å². The predicted octanol–water partition coefficient (Wildman–Crippen LogP) is 9.79.